The number of benzene rings is 3. The molecular formula is C28H24BrF3N4O3S. The van der Waals surface area contributed by atoms with E-state index in [-0.39, 0.29) is 10.6 Å². The van der Waals surface area contributed by atoms with Crippen molar-refractivity contribution in [3.63, 3.8) is 0 Å². The Kier molecular flexibility index (Phi) is 8.50. The predicted octanol–water partition coefficient (Wildman–Crippen LogP) is 6.22. The first-order valence-electron chi connectivity index (χ1n) is 11.9. The minimum Gasteiger partial charge on any atom is -0.318 e. The number of halogens is 4. The van der Waals surface area contributed by atoms with Crippen molar-refractivity contribution in [2.75, 3.05) is 10.8 Å². The van der Waals surface area contributed by atoms with E-state index in [9.17, 15) is 26.4 Å². The van der Waals surface area contributed by atoms with Crippen molar-refractivity contribution < 1.29 is 26.4 Å². The molecule has 40 heavy (non-hydrogen) atoms. The van der Waals surface area contributed by atoms with Crippen LogP contribution in [0, 0.1) is 13.8 Å². The van der Waals surface area contributed by atoms with Crippen LogP contribution < -0.4 is 9.73 Å². The SMILES string of the molecule is Cc1cc(/C=N\NC(=O)CN(c2cccc(C(F)(F)F)c2)S(=O)(=O)c2ccccc2)c(C)n1-c1ccc(Br)cc1. The molecule has 4 rings (SSSR count). The van der Waals surface area contributed by atoms with Crippen LogP contribution in [0.3, 0.4) is 0 Å². The fourth-order valence-corrected chi connectivity index (χ4v) is 5.82. The van der Waals surface area contributed by atoms with Gasteiger partial charge in [0.05, 0.1) is 22.4 Å². The fraction of sp³-hybridized carbons (Fsp3) is 0.143. The zero-order valence-corrected chi connectivity index (χ0v) is 23.8. The molecule has 12 heteroatoms. The van der Waals surface area contributed by atoms with Crippen molar-refractivity contribution in [1.29, 1.82) is 0 Å². The number of aromatic nitrogens is 1. The number of aryl methyl sites for hydroxylation is 1. The smallest absolute Gasteiger partial charge is 0.318 e. The normalized spacial score (nSPS) is 12.1. The van der Waals surface area contributed by atoms with E-state index < -0.39 is 34.2 Å². The lowest BCUT2D eigenvalue weighted by molar-refractivity contribution is -0.137. The topological polar surface area (TPSA) is 83.8 Å². The van der Waals surface area contributed by atoms with Crippen LogP contribution >= 0.6 is 15.9 Å². The number of nitrogens with zero attached hydrogens (tertiary/aromatic N) is 3. The average molecular weight is 633 g/mol. The molecule has 0 saturated heterocycles. The molecule has 0 unspecified atom stereocenters. The Morgan fingerprint density at radius 3 is 2.33 bits per heavy atom. The van der Waals surface area contributed by atoms with E-state index in [4.69, 9.17) is 0 Å². The average Bonchev–Trinajstić information content (AvgIpc) is 3.20. The van der Waals surface area contributed by atoms with Gasteiger partial charge in [-0.15, -0.1) is 0 Å². The lowest BCUT2D eigenvalue weighted by Gasteiger charge is -2.24. The lowest BCUT2D eigenvalue weighted by atomic mass is 10.2. The van der Waals surface area contributed by atoms with Gasteiger partial charge in [-0.1, -0.05) is 40.2 Å². The zero-order valence-electron chi connectivity index (χ0n) is 21.4. The van der Waals surface area contributed by atoms with Crippen LogP contribution in [0.1, 0.15) is 22.5 Å². The van der Waals surface area contributed by atoms with Gasteiger partial charge in [0.15, 0.2) is 0 Å². The molecular weight excluding hydrogens is 609 g/mol. The maximum Gasteiger partial charge on any atom is 0.416 e. The number of hydrogen-bond donors (Lipinski definition) is 1. The minimum absolute atomic E-state index is 0.177. The van der Waals surface area contributed by atoms with E-state index in [1.165, 1.54) is 36.5 Å². The molecule has 3 aromatic carbocycles. The van der Waals surface area contributed by atoms with E-state index in [1.807, 2.05) is 48.7 Å². The third-order valence-corrected chi connectivity index (χ3v) is 8.34. The molecule has 0 radical (unpaired) electrons. The van der Waals surface area contributed by atoms with Crippen molar-refractivity contribution in [3.05, 3.63) is 112 Å². The van der Waals surface area contributed by atoms with Gasteiger partial charge < -0.3 is 4.57 Å². The Morgan fingerprint density at radius 2 is 1.68 bits per heavy atom. The number of amides is 1. The number of rotatable bonds is 8. The number of nitrogens with one attached hydrogen (secondary N) is 1. The van der Waals surface area contributed by atoms with Gasteiger partial charge in [-0.3, -0.25) is 9.10 Å². The first kappa shape index (κ1) is 29.1. The molecule has 0 spiro atoms. The van der Waals surface area contributed by atoms with Gasteiger partial charge in [-0.05, 0) is 74.5 Å². The maximum absolute atomic E-state index is 13.4. The number of anilines is 1. The second-order valence-corrected chi connectivity index (χ2v) is 11.6. The van der Waals surface area contributed by atoms with Gasteiger partial charge in [-0.2, -0.15) is 18.3 Å². The van der Waals surface area contributed by atoms with Gasteiger partial charge >= 0.3 is 6.18 Å². The van der Waals surface area contributed by atoms with Crippen molar-refractivity contribution in [2.24, 2.45) is 5.10 Å². The summed E-state index contributed by atoms with van der Waals surface area (Å²) in [4.78, 5) is 12.6. The van der Waals surface area contributed by atoms with Gasteiger partial charge in [0.25, 0.3) is 15.9 Å². The highest BCUT2D eigenvalue weighted by atomic mass is 79.9. The first-order chi connectivity index (χ1) is 18.9. The highest BCUT2D eigenvalue weighted by molar-refractivity contribution is 9.10. The quantitative estimate of drug-likeness (QED) is 0.185. The monoisotopic (exact) mass is 632 g/mol. The van der Waals surface area contributed by atoms with Crippen LogP contribution in [-0.2, 0) is 21.0 Å². The van der Waals surface area contributed by atoms with Crippen LogP contribution in [0.2, 0.25) is 0 Å². The molecule has 1 amide bonds. The molecule has 0 aliphatic rings. The number of alkyl halides is 3. The standard InChI is InChI=1S/C28H24BrF3N4O3S/c1-19-15-21(20(2)36(19)24-13-11-23(29)12-14-24)17-33-34-27(37)18-35(40(38,39)26-9-4-3-5-10-26)25-8-6-7-22(16-25)28(30,31)32/h3-17H,18H2,1-2H3,(H,34,37)/b33-17-. The Hall–Kier alpha value is -3.90. The summed E-state index contributed by atoms with van der Waals surface area (Å²) in [5.74, 6) is -0.838. The first-order valence-corrected chi connectivity index (χ1v) is 14.1. The van der Waals surface area contributed by atoms with E-state index in [2.05, 4.69) is 26.5 Å². The van der Waals surface area contributed by atoms with Gasteiger partial charge in [0, 0.05) is 27.1 Å². The van der Waals surface area contributed by atoms with E-state index >= 15 is 0 Å². The third-order valence-electron chi connectivity index (χ3n) is 6.03. The molecule has 0 aliphatic carbocycles. The van der Waals surface area contributed by atoms with Crippen LogP contribution in [-0.4, -0.2) is 31.7 Å². The second-order valence-electron chi connectivity index (χ2n) is 8.80. The highest BCUT2D eigenvalue weighted by Gasteiger charge is 2.33. The Labute approximate surface area is 238 Å². The Balaban J connectivity index is 1.58. The summed E-state index contributed by atoms with van der Waals surface area (Å²) >= 11 is 3.42. The summed E-state index contributed by atoms with van der Waals surface area (Å²) in [6.07, 6.45) is -3.27. The summed E-state index contributed by atoms with van der Waals surface area (Å²) in [6.45, 7) is 3.01. The lowest BCUT2D eigenvalue weighted by Crippen LogP contribution is -2.39. The van der Waals surface area contributed by atoms with Crippen molar-refractivity contribution in [2.45, 2.75) is 24.9 Å². The van der Waals surface area contributed by atoms with Crippen LogP contribution in [0.15, 0.2) is 99.4 Å². The third kappa shape index (κ3) is 6.45. The molecule has 1 heterocycles. The van der Waals surface area contributed by atoms with E-state index in [0.29, 0.717) is 15.9 Å². The van der Waals surface area contributed by atoms with Crippen molar-refractivity contribution >= 4 is 43.8 Å². The Bertz CT molecular complexity index is 1650. The van der Waals surface area contributed by atoms with Gasteiger partial charge in [-0.25, -0.2) is 13.8 Å². The fourth-order valence-electron chi connectivity index (χ4n) is 4.12. The van der Waals surface area contributed by atoms with Crippen LogP contribution in [0.4, 0.5) is 18.9 Å². The maximum atomic E-state index is 13.4. The highest BCUT2D eigenvalue weighted by Crippen LogP contribution is 2.33. The summed E-state index contributed by atoms with van der Waals surface area (Å²) < 4.78 is 70.4. The van der Waals surface area contributed by atoms with Gasteiger partial charge in [0.1, 0.15) is 6.54 Å². The van der Waals surface area contributed by atoms with E-state index in [1.54, 1.807) is 6.07 Å². The number of carbonyl (C=O) groups is 1. The largest absolute Gasteiger partial charge is 0.416 e. The molecule has 0 atom stereocenters. The van der Waals surface area contributed by atoms with Crippen molar-refractivity contribution in [3.8, 4) is 5.69 Å². The number of hydrogen-bond acceptors (Lipinski definition) is 4. The molecule has 4 aromatic rings. The zero-order chi connectivity index (χ0) is 29.1. The molecule has 208 valence electrons. The summed E-state index contributed by atoms with van der Waals surface area (Å²) in [7, 11) is -4.38. The molecule has 0 fully saturated rings. The summed E-state index contributed by atoms with van der Waals surface area (Å²) in [6, 6.07) is 20.6. The Morgan fingerprint density at radius 1 is 1.00 bits per heavy atom. The summed E-state index contributed by atoms with van der Waals surface area (Å²) in [5, 5.41) is 3.98. The molecule has 0 aliphatic heterocycles. The molecule has 0 bridgehead atoms. The molecule has 1 N–H and O–H groups in total. The van der Waals surface area contributed by atoms with E-state index in [0.717, 1.165) is 33.7 Å². The van der Waals surface area contributed by atoms with Crippen molar-refractivity contribution in [1.82, 2.24) is 9.99 Å². The summed E-state index contributed by atoms with van der Waals surface area (Å²) in [5.41, 5.74) is 4.37. The molecule has 1 aromatic heterocycles. The number of carbonyl (C=O) groups excluding carboxylic acids is 1. The van der Waals surface area contributed by atoms with Crippen LogP contribution in [0.5, 0.6) is 0 Å². The number of sulfonamides is 1. The van der Waals surface area contributed by atoms with Gasteiger partial charge in [0.2, 0.25) is 0 Å². The predicted molar refractivity (Wildman–Crippen MR) is 151 cm³/mol. The second kappa shape index (κ2) is 11.7. The minimum atomic E-state index is -4.70. The number of hydrazone groups is 1. The molecule has 7 nitrogen and oxygen atoms in total. The molecule has 0 saturated carbocycles. The van der Waals surface area contributed by atoms with Crippen LogP contribution in [0.25, 0.3) is 5.69 Å².